The van der Waals surface area contributed by atoms with Gasteiger partial charge in [0.2, 0.25) is 5.91 Å². The Morgan fingerprint density at radius 2 is 2.12 bits per heavy atom. The minimum atomic E-state index is -0.565. The highest BCUT2D eigenvalue weighted by Crippen LogP contribution is 2.11. The van der Waals surface area contributed by atoms with Crippen LogP contribution in [0.15, 0.2) is 36.9 Å². The quantitative estimate of drug-likeness (QED) is 0.744. The first-order valence-corrected chi connectivity index (χ1v) is 5.44. The number of amides is 1. The van der Waals surface area contributed by atoms with E-state index in [-0.39, 0.29) is 11.7 Å². The fourth-order valence-electron chi connectivity index (χ4n) is 1.54. The zero-order valence-corrected chi connectivity index (χ0v) is 9.97. The van der Waals surface area contributed by atoms with Crippen LogP contribution in [0.2, 0.25) is 0 Å². The number of likely N-dealkylation sites (N-methyl/N-ethyl adjacent to an activating group) is 1. The molecule has 92 valence electrons. The number of carbonyl (C=O) groups excluding carboxylic acids is 1. The van der Waals surface area contributed by atoms with Crippen molar-refractivity contribution in [2.24, 2.45) is 5.73 Å². The molecule has 1 atom stereocenters. The number of phenolic OH excluding ortho intramolecular Hbond substituents is 1. The first-order valence-electron chi connectivity index (χ1n) is 5.44. The van der Waals surface area contributed by atoms with Gasteiger partial charge in [-0.25, -0.2) is 0 Å². The fourth-order valence-corrected chi connectivity index (χ4v) is 1.54. The van der Waals surface area contributed by atoms with Crippen LogP contribution in [0.5, 0.6) is 5.75 Å². The van der Waals surface area contributed by atoms with Crippen LogP contribution >= 0.6 is 0 Å². The molecule has 17 heavy (non-hydrogen) atoms. The van der Waals surface area contributed by atoms with Gasteiger partial charge < -0.3 is 15.7 Å². The van der Waals surface area contributed by atoms with Crippen molar-refractivity contribution in [2.75, 3.05) is 13.6 Å². The lowest BCUT2D eigenvalue weighted by molar-refractivity contribution is -0.130. The van der Waals surface area contributed by atoms with E-state index in [0.29, 0.717) is 13.0 Å². The van der Waals surface area contributed by atoms with Crippen molar-refractivity contribution >= 4 is 5.91 Å². The molecular formula is C13H18N2O2. The molecule has 1 amide bonds. The van der Waals surface area contributed by atoms with E-state index < -0.39 is 6.04 Å². The van der Waals surface area contributed by atoms with Crippen molar-refractivity contribution in [3.8, 4) is 5.75 Å². The third kappa shape index (κ3) is 3.92. The van der Waals surface area contributed by atoms with Gasteiger partial charge in [0.15, 0.2) is 0 Å². The van der Waals surface area contributed by atoms with Gasteiger partial charge >= 0.3 is 0 Å². The number of aromatic hydroxyl groups is 1. The Hall–Kier alpha value is -1.81. The zero-order valence-electron chi connectivity index (χ0n) is 9.97. The van der Waals surface area contributed by atoms with E-state index in [1.54, 1.807) is 37.4 Å². The minimum absolute atomic E-state index is 0.113. The van der Waals surface area contributed by atoms with Crippen molar-refractivity contribution in [2.45, 2.75) is 12.5 Å². The molecule has 0 aromatic heterocycles. The third-order valence-electron chi connectivity index (χ3n) is 2.49. The smallest absolute Gasteiger partial charge is 0.239 e. The molecular weight excluding hydrogens is 216 g/mol. The van der Waals surface area contributed by atoms with Gasteiger partial charge in [0, 0.05) is 13.6 Å². The summed E-state index contributed by atoms with van der Waals surface area (Å²) in [7, 11) is 1.70. The summed E-state index contributed by atoms with van der Waals surface area (Å²) in [4.78, 5) is 13.3. The average molecular weight is 234 g/mol. The number of nitrogens with zero attached hydrogens (tertiary/aromatic N) is 1. The van der Waals surface area contributed by atoms with Crippen molar-refractivity contribution in [3.63, 3.8) is 0 Å². The van der Waals surface area contributed by atoms with E-state index in [2.05, 4.69) is 6.58 Å². The molecule has 1 aromatic carbocycles. The molecule has 0 bridgehead atoms. The van der Waals surface area contributed by atoms with E-state index in [9.17, 15) is 4.79 Å². The summed E-state index contributed by atoms with van der Waals surface area (Å²) in [5.74, 6) is 0.0930. The highest BCUT2D eigenvalue weighted by atomic mass is 16.3. The number of hydrogen-bond donors (Lipinski definition) is 2. The van der Waals surface area contributed by atoms with Crippen molar-refractivity contribution in [3.05, 3.63) is 42.5 Å². The van der Waals surface area contributed by atoms with Gasteiger partial charge in [0.1, 0.15) is 5.75 Å². The van der Waals surface area contributed by atoms with Crippen LogP contribution in [-0.2, 0) is 11.2 Å². The number of rotatable bonds is 5. The second kappa shape index (κ2) is 6.06. The molecule has 0 aliphatic carbocycles. The highest BCUT2D eigenvalue weighted by Gasteiger charge is 2.17. The SMILES string of the molecule is C=CCN(C)C(=O)C(N)Cc1ccc(O)cc1. The Bertz CT molecular complexity index is 387. The summed E-state index contributed by atoms with van der Waals surface area (Å²) >= 11 is 0. The third-order valence-corrected chi connectivity index (χ3v) is 2.49. The standard InChI is InChI=1S/C13H18N2O2/c1-3-8-15(2)13(17)12(14)9-10-4-6-11(16)7-5-10/h3-7,12,16H,1,8-9,14H2,2H3. The number of phenols is 1. The largest absolute Gasteiger partial charge is 0.508 e. The van der Waals surface area contributed by atoms with Crippen LogP contribution in [-0.4, -0.2) is 35.5 Å². The van der Waals surface area contributed by atoms with Gasteiger partial charge in [-0.2, -0.15) is 0 Å². The van der Waals surface area contributed by atoms with Crippen LogP contribution in [0.25, 0.3) is 0 Å². The molecule has 0 saturated heterocycles. The Kier molecular flexibility index (Phi) is 4.72. The lowest BCUT2D eigenvalue weighted by Gasteiger charge is -2.19. The molecule has 0 aliphatic rings. The van der Waals surface area contributed by atoms with Gasteiger partial charge in [-0.05, 0) is 24.1 Å². The van der Waals surface area contributed by atoms with Crippen LogP contribution < -0.4 is 5.73 Å². The lowest BCUT2D eigenvalue weighted by atomic mass is 10.1. The fraction of sp³-hybridized carbons (Fsp3) is 0.308. The van der Waals surface area contributed by atoms with E-state index in [1.807, 2.05) is 0 Å². The summed E-state index contributed by atoms with van der Waals surface area (Å²) in [6.45, 7) is 4.06. The second-order valence-electron chi connectivity index (χ2n) is 3.98. The number of benzene rings is 1. The van der Waals surface area contributed by atoms with Crippen LogP contribution in [0.4, 0.5) is 0 Å². The summed E-state index contributed by atoms with van der Waals surface area (Å²) in [5.41, 5.74) is 6.76. The summed E-state index contributed by atoms with van der Waals surface area (Å²) in [5, 5.41) is 9.14. The monoisotopic (exact) mass is 234 g/mol. The molecule has 4 nitrogen and oxygen atoms in total. The van der Waals surface area contributed by atoms with Gasteiger partial charge in [0.25, 0.3) is 0 Å². The lowest BCUT2D eigenvalue weighted by Crippen LogP contribution is -2.43. The first kappa shape index (κ1) is 13.3. The predicted molar refractivity (Wildman–Crippen MR) is 67.6 cm³/mol. The van der Waals surface area contributed by atoms with Crippen LogP contribution in [0.3, 0.4) is 0 Å². The molecule has 1 rings (SSSR count). The number of carbonyl (C=O) groups is 1. The maximum absolute atomic E-state index is 11.8. The predicted octanol–water partition coefficient (Wildman–Crippen LogP) is 0.906. The number of hydrogen-bond acceptors (Lipinski definition) is 3. The van der Waals surface area contributed by atoms with E-state index >= 15 is 0 Å². The molecule has 0 fully saturated rings. The molecule has 1 aromatic rings. The van der Waals surface area contributed by atoms with Crippen LogP contribution in [0, 0.1) is 0 Å². The maximum atomic E-state index is 11.8. The zero-order chi connectivity index (χ0) is 12.8. The van der Waals surface area contributed by atoms with E-state index in [0.717, 1.165) is 5.56 Å². The minimum Gasteiger partial charge on any atom is -0.508 e. The molecule has 1 unspecified atom stereocenters. The van der Waals surface area contributed by atoms with E-state index in [4.69, 9.17) is 10.8 Å². The molecule has 4 heteroatoms. The molecule has 0 heterocycles. The van der Waals surface area contributed by atoms with E-state index in [1.165, 1.54) is 4.90 Å². The highest BCUT2D eigenvalue weighted by molar-refractivity contribution is 5.81. The Morgan fingerprint density at radius 1 is 1.53 bits per heavy atom. The average Bonchev–Trinajstić information content (AvgIpc) is 2.31. The Labute approximate surface area is 101 Å². The summed E-state index contributed by atoms with van der Waals surface area (Å²) < 4.78 is 0. The normalized spacial score (nSPS) is 11.9. The van der Waals surface area contributed by atoms with Crippen molar-refractivity contribution in [1.29, 1.82) is 0 Å². The van der Waals surface area contributed by atoms with Crippen molar-refractivity contribution in [1.82, 2.24) is 4.90 Å². The number of nitrogens with two attached hydrogens (primary N) is 1. The molecule has 0 saturated carbocycles. The second-order valence-corrected chi connectivity index (χ2v) is 3.98. The summed E-state index contributed by atoms with van der Waals surface area (Å²) in [6.07, 6.45) is 2.12. The summed E-state index contributed by atoms with van der Waals surface area (Å²) in [6, 6.07) is 6.12. The molecule has 0 aliphatic heterocycles. The van der Waals surface area contributed by atoms with Gasteiger partial charge in [-0.1, -0.05) is 18.2 Å². The molecule has 0 spiro atoms. The van der Waals surface area contributed by atoms with Gasteiger partial charge in [-0.3, -0.25) is 4.79 Å². The van der Waals surface area contributed by atoms with Crippen molar-refractivity contribution < 1.29 is 9.90 Å². The molecule has 0 radical (unpaired) electrons. The van der Waals surface area contributed by atoms with Crippen LogP contribution in [0.1, 0.15) is 5.56 Å². The first-order chi connectivity index (χ1) is 8.04. The van der Waals surface area contributed by atoms with Gasteiger partial charge in [-0.15, -0.1) is 6.58 Å². The topological polar surface area (TPSA) is 66.6 Å². The van der Waals surface area contributed by atoms with Gasteiger partial charge in [0.05, 0.1) is 6.04 Å². The molecule has 3 N–H and O–H groups in total. The Balaban J connectivity index is 2.59. The maximum Gasteiger partial charge on any atom is 0.239 e. The Morgan fingerprint density at radius 3 is 2.65 bits per heavy atom.